The van der Waals surface area contributed by atoms with Crippen molar-refractivity contribution in [1.82, 2.24) is 9.97 Å². The predicted molar refractivity (Wildman–Crippen MR) is 148 cm³/mol. The fourth-order valence-electron chi connectivity index (χ4n) is 5.30. The summed E-state index contributed by atoms with van der Waals surface area (Å²) in [5, 5.41) is 1.56. The van der Waals surface area contributed by atoms with E-state index in [0.717, 1.165) is 72.4 Å². The molecular weight excluding hydrogens is 467 g/mol. The number of anilines is 5. The molecule has 2 fully saturated rings. The third-order valence-electron chi connectivity index (χ3n) is 7.29. The summed E-state index contributed by atoms with van der Waals surface area (Å²) in [7, 11) is 0. The maximum absolute atomic E-state index is 16.3. The van der Waals surface area contributed by atoms with Gasteiger partial charge in [-0.25, -0.2) is 4.98 Å². The van der Waals surface area contributed by atoms with Crippen molar-refractivity contribution in [2.45, 2.75) is 6.92 Å². The normalized spacial score (nSPS) is 16.3. The molecule has 0 amide bonds. The van der Waals surface area contributed by atoms with Crippen molar-refractivity contribution in [2.75, 3.05) is 72.3 Å². The van der Waals surface area contributed by atoms with Gasteiger partial charge in [-0.1, -0.05) is 40.9 Å². The molecule has 37 heavy (non-hydrogen) atoms. The fraction of sp³-hybridized carbons (Fsp3) is 0.310. The molecule has 2 aliphatic rings. The zero-order valence-electron chi connectivity index (χ0n) is 21.1. The average molecular weight is 499 g/mol. The van der Waals surface area contributed by atoms with E-state index >= 15 is 4.48 Å². The number of piperazine rings is 1. The number of para-hydroxylation sites is 2. The summed E-state index contributed by atoms with van der Waals surface area (Å²) in [6, 6.07) is 20.1. The molecule has 4 aromatic rings. The van der Waals surface area contributed by atoms with Crippen molar-refractivity contribution in [3.05, 3.63) is 78.6 Å². The molecule has 8 heteroatoms. The number of hydrogen-bond donors (Lipinski definition) is 0. The first-order chi connectivity index (χ1) is 18.2. The SMILES string of the molecule is Cc1c(N2CCN(c3ccccc3)CC2)nc2ccccc2c1N(F)c1cncc(N2CCOCC2)c1. The molecule has 4 heterocycles. The smallest absolute Gasteiger partial charge is 0.134 e. The van der Waals surface area contributed by atoms with Crippen LogP contribution in [0.4, 0.5) is 33.0 Å². The highest BCUT2D eigenvalue weighted by atomic mass is 19.2. The zero-order valence-corrected chi connectivity index (χ0v) is 21.1. The second-order valence-electron chi connectivity index (χ2n) is 9.52. The van der Waals surface area contributed by atoms with Gasteiger partial charge in [0.25, 0.3) is 0 Å². The molecule has 0 aliphatic carbocycles. The van der Waals surface area contributed by atoms with Crippen LogP contribution in [0.15, 0.2) is 73.1 Å². The van der Waals surface area contributed by atoms with Gasteiger partial charge in [0.1, 0.15) is 5.82 Å². The van der Waals surface area contributed by atoms with Crippen molar-refractivity contribution in [3.63, 3.8) is 0 Å². The van der Waals surface area contributed by atoms with Crippen molar-refractivity contribution in [1.29, 1.82) is 0 Å². The summed E-state index contributed by atoms with van der Waals surface area (Å²) < 4.78 is 21.8. The first-order valence-electron chi connectivity index (χ1n) is 12.9. The Labute approximate surface area is 216 Å². The Morgan fingerprint density at radius 1 is 0.784 bits per heavy atom. The van der Waals surface area contributed by atoms with Crippen molar-refractivity contribution in [2.24, 2.45) is 0 Å². The molecular formula is C29H31FN6O. The van der Waals surface area contributed by atoms with Crippen LogP contribution in [0.1, 0.15) is 5.56 Å². The Morgan fingerprint density at radius 2 is 1.46 bits per heavy atom. The molecule has 2 aromatic heterocycles. The zero-order chi connectivity index (χ0) is 25.2. The molecule has 2 aromatic carbocycles. The molecule has 0 saturated carbocycles. The topological polar surface area (TPSA) is 48.0 Å². The number of ether oxygens (including phenoxy) is 1. The van der Waals surface area contributed by atoms with Gasteiger partial charge in [-0.3, -0.25) is 4.98 Å². The highest BCUT2D eigenvalue weighted by molar-refractivity contribution is 5.97. The van der Waals surface area contributed by atoms with E-state index in [-0.39, 0.29) is 0 Å². The van der Waals surface area contributed by atoms with Crippen molar-refractivity contribution in [3.8, 4) is 0 Å². The Kier molecular flexibility index (Phi) is 6.49. The molecule has 0 radical (unpaired) electrons. The Bertz CT molecular complexity index is 1370. The third-order valence-corrected chi connectivity index (χ3v) is 7.29. The largest absolute Gasteiger partial charge is 0.378 e. The van der Waals surface area contributed by atoms with Gasteiger partial charge in [-0.15, -0.1) is 0 Å². The van der Waals surface area contributed by atoms with Crippen molar-refractivity contribution < 1.29 is 9.22 Å². The van der Waals surface area contributed by atoms with E-state index in [4.69, 9.17) is 9.72 Å². The second-order valence-corrected chi connectivity index (χ2v) is 9.52. The number of aromatic nitrogens is 2. The van der Waals surface area contributed by atoms with E-state index in [9.17, 15) is 0 Å². The highest BCUT2D eigenvalue weighted by Crippen LogP contribution is 2.40. The number of morpholine rings is 1. The number of fused-ring (bicyclic) bond motifs is 1. The minimum atomic E-state index is 0.406. The van der Waals surface area contributed by atoms with Gasteiger partial charge in [0, 0.05) is 55.9 Å². The molecule has 7 nitrogen and oxygen atoms in total. The van der Waals surface area contributed by atoms with Crippen LogP contribution in [0.3, 0.4) is 0 Å². The van der Waals surface area contributed by atoms with Gasteiger partial charge >= 0.3 is 0 Å². The highest BCUT2D eigenvalue weighted by Gasteiger charge is 2.25. The lowest BCUT2D eigenvalue weighted by Gasteiger charge is -2.38. The first kappa shape index (κ1) is 23.5. The Morgan fingerprint density at radius 3 is 2.24 bits per heavy atom. The summed E-state index contributed by atoms with van der Waals surface area (Å²) in [6.07, 6.45) is 3.37. The van der Waals surface area contributed by atoms with E-state index in [0.29, 0.717) is 24.6 Å². The average Bonchev–Trinajstić information content (AvgIpc) is 2.98. The van der Waals surface area contributed by atoms with Crippen LogP contribution < -0.4 is 19.8 Å². The summed E-state index contributed by atoms with van der Waals surface area (Å²) >= 11 is 0. The molecule has 0 unspecified atom stereocenters. The maximum Gasteiger partial charge on any atom is 0.134 e. The number of hydrogen-bond acceptors (Lipinski definition) is 7. The Balaban J connectivity index is 1.33. The lowest BCUT2D eigenvalue weighted by Crippen LogP contribution is -2.47. The lowest BCUT2D eigenvalue weighted by atomic mass is 10.1. The van der Waals surface area contributed by atoms with Crippen LogP contribution in [0, 0.1) is 6.92 Å². The van der Waals surface area contributed by atoms with Gasteiger partial charge in [-0.2, -0.15) is 5.12 Å². The number of rotatable bonds is 5. The molecule has 0 spiro atoms. The number of pyridine rings is 2. The Hall–Kier alpha value is -3.91. The predicted octanol–water partition coefficient (Wildman–Crippen LogP) is 5.12. The van der Waals surface area contributed by atoms with Crippen molar-refractivity contribution >= 4 is 39.5 Å². The minimum Gasteiger partial charge on any atom is -0.378 e. The summed E-state index contributed by atoms with van der Waals surface area (Å²) in [5.74, 6) is 0.835. The van der Waals surface area contributed by atoms with Crippen LogP contribution >= 0.6 is 0 Å². The molecule has 6 rings (SSSR count). The summed E-state index contributed by atoms with van der Waals surface area (Å²) in [4.78, 5) is 16.2. The standard InChI is InChI=1S/C29H31FN6O/c1-22-28(36(30)25-19-24(20-31-21-25)34-15-17-37-18-16-34)26-9-5-6-10-27(26)32-29(22)35-13-11-33(12-14-35)23-7-3-2-4-8-23/h2-10,19-21H,11-18H2,1H3. The second kappa shape index (κ2) is 10.2. The van der Waals surface area contributed by atoms with Gasteiger partial charge in [0.2, 0.25) is 0 Å². The van der Waals surface area contributed by atoms with Gasteiger partial charge in [0.15, 0.2) is 0 Å². The van der Waals surface area contributed by atoms with E-state index in [1.165, 1.54) is 5.69 Å². The quantitative estimate of drug-likeness (QED) is 0.354. The molecule has 0 atom stereocenters. The van der Waals surface area contributed by atoms with Crippen LogP contribution in [0.5, 0.6) is 0 Å². The first-order valence-corrected chi connectivity index (χ1v) is 12.9. The summed E-state index contributed by atoms with van der Waals surface area (Å²) in [6.45, 7) is 8.26. The van der Waals surface area contributed by atoms with Crippen LogP contribution in [0.2, 0.25) is 0 Å². The van der Waals surface area contributed by atoms with Gasteiger partial charge in [0.05, 0.1) is 48.2 Å². The fourth-order valence-corrected chi connectivity index (χ4v) is 5.30. The number of nitrogens with zero attached hydrogens (tertiary/aromatic N) is 6. The molecule has 0 N–H and O–H groups in total. The molecule has 190 valence electrons. The lowest BCUT2D eigenvalue weighted by molar-refractivity contribution is 0.122. The molecule has 2 aliphatic heterocycles. The van der Waals surface area contributed by atoms with Gasteiger partial charge in [-0.05, 0) is 31.2 Å². The number of halogens is 1. The van der Waals surface area contributed by atoms with Gasteiger partial charge < -0.3 is 19.4 Å². The van der Waals surface area contributed by atoms with E-state index < -0.39 is 0 Å². The van der Waals surface area contributed by atoms with E-state index in [1.54, 1.807) is 12.4 Å². The molecule has 0 bridgehead atoms. The van der Waals surface area contributed by atoms with E-state index in [2.05, 4.69) is 43.9 Å². The third kappa shape index (κ3) is 4.64. The van der Waals surface area contributed by atoms with Crippen LogP contribution in [-0.4, -0.2) is 62.5 Å². The van der Waals surface area contributed by atoms with E-state index in [1.807, 2.05) is 43.3 Å². The monoisotopic (exact) mass is 498 g/mol. The van der Waals surface area contributed by atoms with Crippen LogP contribution in [0.25, 0.3) is 10.9 Å². The van der Waals surface area contributed by atoms with Crippen LogP contribution in [-0.2, 0) is 4.74 Å². The maximum atomic E-state index is 16.3. The minimum absolute atomic E-state index is 0.406. The number of benzene rings is 2. The summed E-state index contributed by atoms with van der Waals surface area (Å²) in [5.41, 5.74) is 4.66. The molecule has 2 saturated heterocycles.